The van der Waals surface area contributed by atoms with Crippen LogP contribution in [0, 0.1) is 11.8 Å². The first-order chi connectivity index (χ1) is 28.7. The normalized spacial score (nSPS) is 26.6. The fraction of sp³-hybridized carbons (Fsp3) is 0.400. The SMILES string of the molecule is [2H]c1c([2H])c(S(=O)(=O)N(C([2H])([2H])C([2H])(C)C)C([2H])([2H])[C@@]([2H])(O)[C@@]([2H])(N(C(=O)O)C2CO[C@@H]3OC=C[C@@H]23)C([2H])([2H])c2ccc(OCc3ccccc3)cc2)c([2H])c([2H])c1OC([2H])(F)F. The topological polar surface area (TPSA) is 135 Å². The molecule has 5 atom stereocenters. The predicted octanol–water partition coefficient (Wildman–Crippen LogP) is 5.35. The van der Waals surface area contributed by atoms with Crippen molar-refractivity contribution in [1.29, 1.82) is 0 Å². The molecule has 49 heavy (non-hydrogen) atoms. The van der Waals surface area contributed by atoms with Crippen LogP contribution in [0.25, 0.3) is 0 Å². The van der Waals surface area contributed by atoms with Crippen LogP contribution in [-0.4, -0.2) is 84.5 Å². The molecule has 2 aliphatic rings. The number of aliphatic hydroxyl groups is 1. The molecule has 264 valence electrons. The minimum atomic E-state index is -6.60. The van der Waals surface area contributed by atoms with Gasteiger partial charge in [0.15, 0.2) is 1.37 Å². The zero-order valence-electron chi connectivity index (χ0n) is 39.8. The van der Waals surface area contributed by atoms with Gasteiger partial charge >= 0.3 is 12.7 Å². The van der Waals surface area contributed by atoms with E-state index >= 15 is 0 Å². The number of hydrogen-bond donors (Lipinski definition) is 2. The van der Waals surface area contributed by atoms with E-state index in [1.807, 2.05) is 0 Å². The van der Waals surface area contributed by atoms with Gasteiger partial charge in [-0.2, -0.15) is 13.1 Å². The summed E-state index contributed by atoms with van der Waals surface area (Å²) in [5, 5.41) is 23.3. The van der Waals surface area contributed by atoms with Crippen molar-refractivity contribution < 1.29 is 70.3 Å². The maximum atomic E-state index is 14.8. The number of rotatable bonds is 16. The summed E-state index contributed by atoms with van der Waals surface area (Å²) in [7, 11) is -6.60. The molecule has 1 saturated heterocycles. The van der Waals surface area contributed by atoms with Gasteiger partial charge in [0.1, 0.15) is 18.1 Å². The standard InChI is InChI=1S/C35H40F2N2O9S/c1-23(2)19-38(49(43,44)28-14-12-27(13-15-28)48-34(36)37)20-32(40)30(39(35(41)42)31-22-47-33-29(31)16-17-45-33)18-24-8-10-26(11-9-24)46-21-25-6-4-3-5-7-25/h3-17,23,29-34,40H,18-22H2,1-2H3,(H,41,42)/t29-,30-,31?,32+,33-/m0/s1/i12D,13D,14D,15D,18D2,19D2,20D2,23D,30D,32D,34D. The fourth-order valence-corrected chi connectivity index (χ4v) is 5.75. The summed E-state index contributed by atoms with van der Waals surface area (Å²) in [5.74, 6) is -5.79. The summed E-state index contributed by atoms with van der Waals surface area (Å²) in [5.41, 5.74) is -0.0461. The Labute approximate surface area is 304 Å². The van der Waals surface area contributed by atoms with Gasteiger partial charge < -0.3 is 29.2 Å². The Morgan fingerprint density at radius 1 is 1.06 bits per heavy atom. The van der Waals surface area contributed by atoms with Crippen molar-refractivity contribution in [2.45, 2.75) is 62.7 Å². The number of amides is 1. The Hall–Kier alpha value is -4.24. The van der Waals surface area contributed by atoms with Crippen LogP contribution < -0.4 is 9.47 Å². The van der Waals surface area contributed by atoms with Crippen molar-refractivity contribution in [3.8, 4) is 11.5 Å². The van der Waals surface area contributed by atoms with Crippen molar-refractivity contribution in [3.05, 3.63) is 102 Å². The third kappa shape index (κ3) is 9.06. The number of fused-ring (bicyclic) bond motifs is 1. The summed E-state index contributed by atoms with van der Waals surface area (Å²) in [6.07, 6.45) is -10.2. The van der Waals surface area contributed by atoms with Gasteiger partial charge in [-0.05, 0) is 65.8 Å². The van der Waals surface area contributed by atoms with Crippen LogP contribution in [0.1, 0.15) is 44.2 Å². The molecule has 0 bridgehead atoms. The largest absolute Gasteiger partial charge is 0.489 e. The van der Waals surface area contributed by atoms with Crippen LogP contribution in [0.15, 0.2) is 96.0 Å². The minimum absolute atomic E-state index is 0.00333. The molecule has 3 aromatic rings. The van der Waals surface area contributed by atoms with E-state index < -0.39 is 130 Å². The second kappa shape index (κ2) is 16.0. The third-order valence-electron chi connectivity index (χ3n) is 6.86. The number of carbonyl (C=O) groups is 1. The molecule has 1 unspecified atom stereocenters. The van der Waals surface area contributed by atoms with E-state index in [4.69, 9.17) is 25.2 Å². The predicted molar refractivity (Wildman–Crippen MR) is 174 cm³/mol. The van der Waals surface area contributed by atoms with Gasteiger partial charge in [0, 0.05) is 22.6 Å². The number of nitrogens with zero attached hydrogens (tertiary/aromatic N) is 2. The average molecular weight is 717 g/mol. The number of ether oxygens (including phenoxy) is 4. The van der Waals surface area contributed by atoms with E-state index in [2.05, 4.69) is 4.74 Å². The van der Waals surface area contributed by atoms with E-state index in [1.54, 1.807) is 30.3 Å². The van der Waals surface area contributed by atoms with Crippen molar-refractivity contribution in [2.24, 2.45) is 11.8 Å². The fourth-order valence-electron chi connectivity index (χ4n) is 4.69. The molecule has 0 radical (unpaired) electrons. The number of benzene rings is 3. The number of carboxylic acid groups (broad SMARTS) is 1. The number of halogens is 2. The zero-order chi connectivity index (χ0) is 47.7. The van der Waals surface area contributed by atoms with Crippen LogP contribution in [0.5, 0.6) is 11.5 Å². The Morgan fingerprint density at radius 3 is 2.39 bits per heavy atom. The molecule has 1 fully saturated rings. The van der Waals surface area contributed by atoms with Crippen molar-refractivity contribution in [3.63, 3.8) is 0 Å². The van der Waals surface area contributed by atoms with Crippen LogP contribution in [0.4, 0.5) is 13.6 Å². The second-order valence-electron chi connectivity index (χ2n) is 10.6. The average Bonchev–Trinajstić information content (AvgIpc) is 3.79. The maximum Gasteiger partial charge on any atom is 0.408 e. The van der Waals surface area contributed by atoms with Gasteiger partial charge in [-0.3, -0.25) is 4.90 Å². The van der Waals surface area contributed by atoms with Gasteiger partial charge in [0.05, 0.1) is 50.0 Å². The number of alkyl halides is 2. The van der Waals surface area contributed by atoms with Crippen molar-refractivity contribution in [2.75, 3.05) is 19.6 Å². The van der Waals surface area contributed by atoms with Crippen LogP contribution in [0.2, 0.25) is 0 Å². The zero-order valence-corrected chi connectivity index (χ0v) is 26.6. The van der Waals surface area contributed by atoms with Crippen molar-refractivity contribution >= 4 is 16.1 Å². The maximum absolute atomic E-state index is 14.8. The molecule has 14 heteroatoms. The van der Waals surface area contributed by atoms with Gasteiger partial charge in [0.2, 0.25) is 16.3 Å². The molecule has 2 aliphatic heterocycles. The molecule has 2 N–H and O–H groups in total. The summed E-state index contributed by atoms with van der Waals surface area (Å²) < 4.78 is 198. The second-order valence-corrected chi connectivity index (χ2v) is 12.3. The quantitative estimate of drug-likeness (QED) is 0.201. The summed E-state index contributed by atoms with van der Waals surface area (Å²) in [6, 6.07) is -0.572. The van der Waals surface area contributed by atoms with E-state index in [0.29, 0.717) is 19.4 Å². The molecular weight excluding hydrogens is 662 g/mol. The summed E-state index contributed by atoms with van der Waals surface area (Å²) in [6.45, 7) is -13.5. The Kier molecular flexibility index (Phi) is 7.10. The molecule has 11 nitrogen and oxygen atoms in total. The van der Waals surface area contributed by atoms with Gasteiger partial charge in [-0.25, -0.2) is 13.2 Å². The third-order valence-corrected chi connectivity index (χ3v) is 8.24. The van der Waals surface area contributed by atoms with E-state index in [9.17, 15) is 40.4 Å². The highest BCUT2D eigenvalue weighted by molar-refractivity contribution is 7.89. The number of sulfonamides is 1. The molecule has 0 spiro atoms. The molecule has 0 saturated carbocycles. The molecule has 1 amide bonds. The Balaban J connectivity index is 1.80. The van der Waals surface area contributed by atoms with Crippen LogP contribution >= 0.6 is 0 Å². The van der Waals surface area contributed by atoms with Crippen LogP contribution in [0.3, 0.4) is 0 Å². The Morgan fingerprint density at radius 2 is 1.76 bits per heavy atom. The van der Waals surface area contributed by atoms with E-state index in [0.717, 1.165) is 30.5 Å². The highest BCUT2D eigenvalue weighted by Gasteiger charge is 2.48. The lowest BCUT2D eigenvalue weighted by atomic mass is 9.94. The molecule has 2 heterocycles. The monoisotopic (exact) mass is 716 g/mol. The summed E-state index contributed by atoms with van der Waals surface area (Å²) >= 11 is 0. The summed E-state index contributed by atoms with van der Waals surface area (Å²) in [4.78, 5) is 11.2. The lowest BCUT2D eigenvalue weighted by molar-refractivity contribution is -0.0690. The van der Waals surface area contributed by atoms with Crippen molar-refractivity contribution in [1.82, 2.24) is 9.21 Å². The van der Waals surface area contributed by atoms with E-state index in [-0.39, 0.29) is 17.3 Å². The van der Waals surface area contributed by atoms with Gasteiger partial charge in [-0.1, -0.05) is 56.3 Å². The minimum Gasteiger partial charge on any atom is -0.489 e. The molecule has 3 aromatic carbocycles. The lowest BCUT2D eigenvalue weighted by Crippen LogP contribution is -2.57. The van der Waals surface area contributed by atoms with Gasteiger partial charge in [-0.15, -0.1) is 0 Å². The molecule has 0 aromatic heterocycles. The first kappa shape index (κ1) is 21.8. The smallest absolute Gasteiger partial charge is 0.408 e. The molecule has 0 aliphatic carbocycles. The first-order valence-corrected chi connectivity index (χ1v) is 15.8. The van der Waals surface area contributed by atoms with Gasteiger partial charge in [0.25, 0.3) is 0 Å². The first-order valence-electron chi connectivity index (χ1n) is 21.4. The highest BCUT2D eigenvalue weighted by Crippen LogP contribution is 2.35. The molecule has 5 rings (SSSR count). The molecular formula is C35H40F2N2O9S. The highest BCUT2D eigenvalue weighted by atomic mass is 32.2. The lowest BCUT2D eigenvalue weighted by Gasteiger charge is -2.39. The number of hydrogen-bond acceptors (Lipinski definition) is 8. The van der Waals surface area contributed by atoms with E-state index in [1.165, 1.54) is 6.08 Å². The van der Waals surface area contributed by atoms with Crippen LogP contribution in [-0.2, 0) is 32.5 Å². The Bertz CT molecular complexity index is 2330.